The maximum absolute atomic E-state index is 12.8. The van der Waals surface area contributed by atoms with Crippen molar-refractivity contribution < 1.29 is 22.7 Å². The normalized spacial score (nSPS) is 11.8. The Labute approximate surface area is 120 Å². The van der Waals surface area contributed by atoms with Gasteiger partial charge in [0.2, 0.25) is 0 Å². The van der Waals surface area contributed by atoms with Crippen molar-refractivity contribution in [3.63, 3.8) is 0 Å². The van der Waals surface area contributed by atoms with Crippen LogP contribution >= 0.6 is 0 Å². The molecule has 2 rings (SSSR count). The molecular formula is C12H12FN3O4S. The number of aromatic nitrogens is 2. The van der Waals surface area contributed by atoms with Crippen molar-refractivity contribution in [3.05, 3.63) is 47.4 Å². The lowest BCUT2D eigenvalue weighted by Crippen LogP contribution is -2.28. The Morgan fingerprint density at radius 1 is 1.38 bits per heavy atom. The van der Waals surface area contributed by atoms with Crippen LogP contribution in [0.5, 0.6) is 0 Å². The summed E-state index contributed by atoms with van der Waals surface area (Å²) >= 11 is 0. The van der Waals surface area contributed by atoms with Crippen molar-refractivity contribution in [2.75, 3.05) is 7.05 Å². The van der Waals surface area contributed by atoms with E-state index in [-0.39, 0.29) is 6.54 Å². The van der Waals surface area contributed by atoms with Crippen LogP contribution in [0.4, 0.5) is 4.39 Å². The van der Waals surface area contributed by atoms with Crippen molar-refractivity contribution in [3.8, 4) is 0 Å². The minimum atomic E-state index is -4.04. The Hall–Kier alpha value is -2.26. The number of benzene rings is 1. The summed E-state index contributed by atoms with van der Waals surface area (Å²) in [4.78, 5) is 11.0. The van der Waals surface area contributed by atoms with Crippen LogP contribution in [0.3, 0.4) is 0 Å². The van der Waals surface area contributed by atoms with Gasteiger partial charge in [-0.15, -0.1) is 0 Å². The van der Waals surface area contributed by atoms with Crippen molar-refractivity contribution in [1.29, 1.82) is 0 Å². The lowest BCUT2D eigenvalue weighted by atomic mass is 10.2. The van der Waals surface area contributed by atoms with Crippen LogP contribution in [0.1, 0.15) is 15.9 Å². The summed E-state index contributed by atoms with van der Waals surface area (Å²) in [7, 11) is -2.74. The van der Waals surface area contributed by atoms with Crippen LogP contribution in [0, 0.1) is 5.82 Å². The van der Waals surface area contributed by atoms with E-state index in [2.05, 4.69) is 10.2 Å². The number of hydrogen-bond acceptors (Lipinski definition) is 4. The van der Waals surface area contributed by atoms with Crippen molar-refractivity contribution in [1.82, 2.24) is 14.5 Å². The number of aromatic carboxylic acids is 1. The number of carboxylic acid groups (broad SMARTS) is 1. The Bertz CT molecular complexity index is 755. The number of sulfonamides is 1. The fraction of sp³-hybridized carbons (Fsp3) is 0.167. The Morgan fingerprint density at radius 2 is 2.00 bits per heavy atom. The predicted molar refractivity (Wildman–Crippen MR) is 70.6 cm³/mol. The van der Waals surface area contributed by atoms with E-state index in [1.165, 1.54) is 31.3 Å². The van der Waals surface area contributed by atoms with Gasteiger partial charge in [-0.2, -0.15) is 9.40 Å². The lowest BCUT2D eigenvalue weighted by Gasteiger charge is -2.16. The molecule has 0 saturated carbocycles. The van der Waals surface area contributed by atoms with E-state index < -0.39 is 32.4 Å². The first-order chi connectivity index (χ1) is 9.82. The molecule has 0 aliphatic heterocycles. The van der Waals surface area contributed by atoms with E-state index in [1.807, 2.05) is 0 Å². The second kappa shape index (κ2) is 5.62. The zero-order valence-corrected chi connectivity index (χ0v) is 11.8. The Balaban J connectivity index is 2.28. The summed E-state index contributed by atoms with van der Waals surface area (Å²) in [6.07, 6.45) is 0.931. The average Bonchev–Trinajstić information content (AvgIpc) is 2.91. The summed E-state index contributed by atoms with van der Waals surface area (Å²) in [6, 6.07) is 5.34. The minimum Gasteiger partial charge on any atom is -0.478 e. The molecule has 9 heteroatoms. The van der Waals surface area contributed by atoms with E-state index in [0.717, 1.165) is 10.5 Å². The molecule has 0 unspecified atom stereocenters. The van der Waals surface area contributed by atoms with Gasteiger partial charge in [0.1, 0.15) is 11.4 Å². The van der Waals surface area contributed by atoms with E-state index in [9.17, 15) is 17.6 Å². The van der Waals surface area contributed by atoms with Crippen LogP contribution in [0.15, 0.2) is 35.5 Å². The molecular weight excluding hydrogens is 301 g/mol. The third-order valence-electron chi connectivity index (χ3n) is 2.82. The molecule has 0 aliphatic rings. The summed E-state index contributed by atoms with van der Waals surface area (Å²) in [6.45, 7) is -0.0271. The minimum absolute atomic E-state index is 0.0271. The second-order valence-electron chi connectivity index (χ2n) is 4.31. The SMILES string of the molecule is CN(Cc1ccc(F)cc1)S(=O)(=O)c1[nH]ncc1C(=O)O. The summed E-state index contributed by atoms with van der Waals surface area (Å²) in [5.41, 5.74) is 0.139. The van der Waals surface area contributed by atoms with E-state index >= 15 is 0 Å². The predicted octanol–water partition coefficient (Wildman–Crippen LogP) is 1.07. The fourth-order valence-electron chi connectivity index (χ4n) is 1.71. The van der Waals surface area contributed by atoms with Gasteiger partial charge in [0.25, 0.3) is 10.0 Å². The first-order valence-corrected chi connectivity index (χ1v) is 7.24. The number of nitrogens with one attached hydrogen (secondary N) is 1. The molecule has 2 N–H and O–H groups in total. The Kier molecular flexibility index (Phi) is 4.05. The molecule has 1 aromatic heterocycles. The monoisotopic (exact) mass is 313 g/mol. The van der Waals surface area contributed by atoms with Gasteiger partial charge in [0, 0.05) is 13.6 Å². The van der Waals surface area contributed by atoms with Crippen LogP contribution in [0.2, 0.25) is 0 Å². The highest BCUT2D eigenvalue weighted by molar-refractivity contribution is 7.89. The largest absolute Gasteiger partial charge is 0.478 e. The molecule has 21 heavy (non-hydrogen) atoms. The van der Waals surface area contributed by atoms with Gasteiger partial charge in [-0.1, -0.05) is 12.1 Å². The van der Waals surface area contributed by atoms with Crippen molar-refractivity contribution in [2.24, 2.45) is 0 Å². The van der Waals surface area contributed by atoms with E-state index in [1.54, 1.807) is 0 Å². The molecule has 0 atom stereocenters. The number of H-pyrrole nitrogens is 1. The summed E-state index contributed by atoms with van der Waals surface area (Å²) < 4.78 is 38.4. The number of nitrogens with zero attached hydrogens (tertiary/aromatic N) is 2. The molecule has 0 radical (unpaired) electrons. The highest BCUT2D eigenvalue weighted by Crippen LogP contribution is 2.18. The number of carbonyl (C=O) groups is 1. The molecule has 0 amide bonds. The molecule has 112 valence electrons. The molecule has 0 aliphatic carbocycles. The third kappa shape index (κ3) is 3.09. The number of hydrogen-bond donors (Lipinski definition) is 2. The second-order valence-corrected chi connectivity index (χ2v) is 6.29. The first kappa shape index (κ1) is 15.1. The maximum Gasteiger partial charge on any atom is 0.340 e. The Morgan fingerprint density at radius 3 is 2.57 bits per heavy atom. The van der Waals surface area contributed by atoms with Gasteiger partial charge in [0.15, 0.2) is 5.03 Å². The maximum atomic E-state index is 12.8. The highest BCUT2D eigenvalue weighted by atomic mass is 32.2. The van der Waals surface area contributed by atoms with Gasteiger partial charge >= 0.3 is 5.97 Å². The van der Waals surface area contributed by atoms with Crippen LogP contribution < -0.4 is 0 Å². The zero-order chi connectivity index (χ0) is 15.6. The number of carboxylic acids is 1. The van der Waals surface area contributed by atoms with Gasteiger partial charge in [-0.3, -0.25) is 5.10 Å². The van der Waals surface area contributed by atoms with Gasteiger partial charge in [-0.25, -0.2) is 17.6 Å². The molecule has 0 spiro atoms. The number of rotatable bonds is 5. The van der Waals surface area contributed by atoms with Gasteiger partial charge in [0.05, 0.1) is 6.20 Å². The number of halogens is 1. The van der Waals surface area contributed by atoms with Gasteiger partial charge < -0.3 is 5.11 Å². The molecule has 7 nitrogen and oxygen atoms in total. The fourth-order valence-corrected chi connectivity index (χ4v) is 2.93. The first-order valence-electron chi connectivity index (χ1n) is 5.80. The topological polar surface area (TPSA) is 103 Å². The smallest absolute Gasteiger partial charge is 0.340 e. The average molecular weight is 313 g/mol. The third-order valence-corrected chi connectivity index (χ3v) is 4.60. The lowest BCUT2D eigenvalue weighted by molar-refractivity contribution is 0.0692. The summed E-state index contributed by atoms with van der Waals surface area (Å²) in [5.74, 6) is -1.82. The number of aromatic amines is 1. The van der Waals surface area contributed by atoms with E-state index in [4.69, 9.17) is 5.11 Å². The highest BCUT2D eigenvalue weighted by Gasteiger charge is 2.28. The molecule has 0 saturated heterocycles. The molecule has 2 aromatic rings. The zero-order valence-electron chi connectivity index (χ0n) is 10.9. The summed E-state index contributed by atoms with van der Waals surface area (Å²) in [5, 5.41) is 14.1. The standard InChI is InChI=1S/C12H12FN3O4S/c1-16(7-8-2-4-9(13)5-3-8)21(19,20)11-10(12(17)18)6-14-15-11/h2-6H,7H2,1H3,(H,14,15)(H,17,18). The van der Waals surface area contributed by atoms with Crippen molar-refractivity contribution >= 4 is 16.0 Å². The molecule has 1 heterocycles. The molecule has 0 fully saturated rings. The van der Waals surface area contributed by atoms with Crippen LogP contribution in [-0.2, 0) is 16.6 Å². The van der Waals surface area contributed by atoms with Gasteiger partial charge in [-0.05, 0) is 17.7 Å². The molecule has 1 aromatic carbocycles. The molecule has 0 bridgehead atoms. The van der Waals surface area contributed by atoms with Crippen LogP contribution in [-0.4, -0.2) is 41.0 Å². The van der Waals surface area contributed by atoms with E-state index in [0.29, 0.717) is 5.56 Å². The quantitative estimate of drug-likeness (QED) is 0.859. The van der Waals surface area contributed by atoms with Crippen molar-refractivity contribution in [2.45, 2.75) is 11.6 Å². The van der Waals surface area contributed by atoms with Crippen LogP contribution in [0.25, 0.3) is 0 Å².